The van der Waals surface area contributed by atoms with Crippen LogP contribution in [0.5, 0.6) is 0 Å². The van der Waals surface area contributed by atoms with Crippen molar-refractivity contribution in [1.82, 2.24) is 14.9 Å². The van der Waals surface area contributed by atoms with Gasteiger partial charge in [-0.05, 0) is 45.3 Å². The molecule has 1 heterocycles. The Kier molecular flexibility index (Phi) is 4.49. The average molecular weight is 309 g/mol. The molecule has 1 aromatic heterocycles. The van der Waals surface area contributed by atoms with Crippen molar-refractivity contribution in [2.45, 2.75) is 6.42 Å². The summed E-state index contributed by atoms with van der Waals surface area (Å²) in [5.41, 5.74) is 0.961. The van der Waals surface area contributed by atoms with Crippen molar-refractivity contribution < 1.29 is 0 Å². The van der Waals surface area contributed by atoms with Crippen LogP contribution in [0.1, 0.15) is 6.42 Å². The van der Waals surface area contributed by atoms with E-state index in [2.05, 4.69) is 50.2 Å². The fourth-order valence-electron chi connectivity index (χ4n) is 1.68. The summed E-state index contributed by atoms with van der Waals surface area (Å²) < 4.78 is 1.05. The van der Waals surface area contributed by atoms with Gasteiger partial charge in [0.15, 0.2) is 0 Å². The Labute approximate surface area is 116 Å². The highest BCUT2D eigenvalue weighted by atomic mass is 79.9. The Bertz CT molecular complexity index is 527. The predicted octanol–water partition coefficient (Wildman–Crippen LogP) is 2.76. The van der Waals surface area contributed by atoms with Crippen molar-refractivity contribution >= 4 is 32.8 Å². The van der Waals surface area contributed by atoms with Crippen LogP contribution in [-0.2, 0) is 0 Å². The maximum absolute atomic E-state index is 4.48. The van der Waals surface area contributed by atoms with Crippen LogP contribution in [0.2, 0.25) is 0 Å². The monoisotopic (exact) mass is 308 g/mol. The van der Waals surface area contributed by atoms with Crippen LogP contribution in [0.3, 0.4) is 0 Å². The minimum Gasteiger partial charge on any atom is -0.354 e. The summed E-state index contributed by atoms with van der Waals surface area (Å²) in [6, 6.07) is 6.00. The van der Waals surface area contributed by atoms with E-state index in [1.54, 1.807) is 0 Å². The third-order valence-corrected chi connectivity index (χ3v) is 3.10. The van der Waals surface area contributed by atoms with E-state index in [-0.39, 0.29) is 0 Å². The zero-order valence-electron chi connectivity index (χ0n) is 10.7. The first kappa shape index (κ1) is 13.2. The quantitative estimate of drug-likeness (QED) is 0.862. The van der Waals surface area contributed by atoms with E-state index in [1.165, 1.54) is 0 Å². The molecular weight excluding hydrogens is 292 g/mol. The van der Waals surface area contributed by atoms with Crippen LogP contribution < -0.4 is 5.32 Å². The largest absolute Gasteiger partial charge is 0.354 e. The van der Waals surface area contributed by atoms with Crippen LogP contribution in [0.4, 0.5) is 5.95 Å². The second-order valence-corrected chi connectivity index (χ2v) is 5.40. The summed E-state index contributed by atoms with van der Waals surface area (Å²) in [5.74, 6) is 0.698. The van der Waals surface area contributed by atoms with Crippen LogP contribution in [-0.4, -0.2) is 42.1 Å². The first-order valence-corrected chi connectivity index (χ1v) is 6.75. The maximum atomic E-state index is 4.48. The summed E-state index contributed by atoms with van der Waals surface area (Å²) in [4.78, 5) is 11.0. The number of rotatable bonds is 5. The molecule has 0 aliphatic carbocycles. The molecule has 0 bridgehead atoms. The van der Waals surface area contributed by atoms with Crippen molar-refractivity contribution in [3.05, 3.63) is 28.9 Å². The van der Waals surface area contributed by atoms with E-state index in [0.29, 0.717) is 5.95 Å². The molecule has 0 unspecified atom stereocenters. The number of benzene rings is 1. The molecule has 2 aromatic rings. The maximum Gasteiger partial charge on any atom is 0.223 e. The predicted molar refractivity (Wildman–Crippen MR) is 78.9 cm³/mol. The smallest absolute Gasteiger partial charge is 0.223 e. The number of fused-ring (bicyclic) bond motifs is 1. The van der Waals surface area contributed by atoms with Gasteiger partial charge in [0.1, 0.15) is 0 Å². The molecule has 0 atom stereocenters. The molecule has 1 N–H and O–H groups in total. The van der Waals surface area contributed by atoms with Gasteiger partial charge in [-0.25, -0.2) is 9.97 Å². The van der Waals surface area contributed by atoms with Crippen molar-refractivity contribution in [3.63, 3.8) is 0 Å². The lowest BCUT2D eigenvalue weighted by Gasteiger charge is -2.10. The zero-order valence-corrected chi connectivity index (χ0v) is 12.2. The van der Waals surface area contributed by atoms with E-state index in [0.717, 1.165) is 34.9 Å². The van der Waals surface area contributed by atoms with E-state index < -0.39 is 0 Å². The molecule has 2 rings (SSSR count). The third-order valence-electron chi connectivity index (χ3n) is 2.61. The van der Waals surface area contributed by atoms with Gasteiger partial charge < -0.3 is 10.2 Å². The first-order chi connectivity index (χ1) is 8.65. The molecule has 4 nitrogen and oxygen atoms in total. The second-order valence-electron chi connectivity index (χ2n) is 4.48. The molecule has 96 valence electrons. The normalized spacial score (nSPS) is 11.1. The molecule has 0 spiro atoms. The summed E-state index contributed by atoms with van der Waals surface area (Å²) >= 11 is 3.44. The van der Waals surface area contributed by atoms with Gasteiger partial charge in [-0.15, -0.1) is 0 Å². The fourth-order valence-corrected chi connectivity index (χ4v) is 2.06. The zero-order chi connectivity index (χ0) is 13.0. The number of anilines is 1. The average Bonchev–Trinajstić information content (AvgIpc) is 2.34. The summed E-state index contributed by atoms with van der Waals surface area (Å²) in [7, 11) is 4.15. The number of aromatic nitrogens is 2. The van der Waals surface area contributed by atoms with Gasteiger partial charge in [0.25, 0.3) is 0 Å². The number of hydrogen-bond donors (Lipinski definition) is 1. The molecule has 0 aliphatic heterocycles. The Balaban J connectivity index is 1.99. The van der Waals surface area contributed by atoms with Crippen molar-refractivity contribution in [3.8, 4) is 0 Å². The summed E-state index contributed by atoms with van der Waals surface area (Å²) in [5, 5.41) is 4.29. The molecule has 18 heavy (non-hydrogen) atoms. The number of halogens is 1. The molecule has 0 fully saturated rings. The number of nitrogens with zero attached hydrogens (tertiary/aromatic N) is 3. The molecular formula is C13H17BrN4. The molecule has 0 amide bonds. The van der Waals surface area contributed by atoms with Crippen molar-refractivity contribution in [1.29, 1.82) is 0 Å². The minimum atomic E-state index is 0.698. The van der Waals surface area contributed by atoms with Gasteiger partial charge in [0.05, 0.1) is 5.52 Å². The van der Waals surface area contributed by atoms with Crippen LogP contribution in [0.15, 0.2) is 28.9 Å². The van der Waals surface area contributed by atoms with Crippen LogP contribution in [0.25, 0.3) is 10.9 Å². The number of nitrogens with one attached hydrogen (secondary N) is 1. The summed E-state index contributed by atoms with van der Waals surface area (Å²) in [6.45, 7) is 1.95. The SMILES string of the molecule is CN(C)CCCNc1ncc2cc(Br)ccc2n1. The topological polar surface area (TPSA) is 41.0 Å². The van der Waals surface area contributed by atoms with Crippen molar-refractivity contribution in [2.24, 2.45) is 0 Å². The van der Waals surface area contributed by atoms with Crippen molar-refractivity contribution in [2.75, 3.05) is 32.5 Å². The van der Waals surface area contributed by atoms with E-state index >= 15 is 0 Å². The van der Waals surface area contributed by atoms with Crippen LogP contribution in [0, 0.1) is 0 Å². The fraction of sp³-hybridized carbons (Fsp3) is 0.385. The standard InChI is InChI=1S/C13H17BrN4/c1-18(2)7-3-6-15-13-16-9-10-8-11(14)4-5-12(10)17-13/h4-5,8-9H,3,6-7H2,1-2H3,(H,15,16,17). The third kappa shape index (κ3) is 3.65. The highest BCUT2D eigenvalue weighted by Gasteiger charge is 2.00. The van der Waals surface area contributed by atoms with Gasteiger partial charge in [-0.1, -0.05) is 15.9 Å². The van der Waals surface area contributed by atoms with Gasteiger partial charge >= 0.3 is 0 Å². The molecule has 1 aromatic carbocycles. The summed E-state index contributed by atoms with van der Waals surface area (Å²) in [6.07, 6.45) is 2.93. The Morgan fingerprint density at radius 3 is 2.94 bits per heavy atom. The van der Waals surface area contributed by atoms with E-state index in [4.69, 9.17) is 0 Å². The molecule has 0 aliphatic rings. The van der Waals surface area contributed by atoms with Gasteiger partial charge in [0.2, 0.25) is 5.95 Å². The second kappa shape index (κ2) is 6.11. The Hall–Kier alpha value is -1.20. The van der Waals surface area contributed by atoms with Gasteiger partial charge in [0, 0.05) is 22.6 Å². The lowest BCUT2D eigenvalue weighted by Crippen LogP contribution is -2.17. The lowest BCUT2D eigenvalue weighted by atomic mass is 10.2. The minimum absolute atomic E-state index is 0.698. The van der Waals surface area contributed by atoms with Gasteiger partial charge in [-0.2, -0.15) is 0 Å². The highest BCUT2D eigenvalue weighted by Crippen LogP contribution is 2.18. The van der Waals surface area contributed by atoms with E-state index in [9.17, 15) is 0 Å². The molecule has 0 saturated heterocycles. The van der Waals surface area contributed by atoms with Gasteiger partial charge in [-0.3, -0.25) is 0 Å². The molecule has 0 radical (unpaired) electrons. The highest BCUT2D eigenvalue weighted by molar-refractivity contribution is 9.10. The molecule has 0 saturated carbocycles. The number of hydrogen-bond acceptors (Lipinski definition) is 4. The first-order valence-electron chi connectivity index (χ1n) is 5.96. The molecule has 5 heteroatoms. The Morgan fingerprint density at radius 1 is 1.33 bits per heavy atom. The Morgan fingerprint density at radius 2 is 2.17 bits per heavy atom. The van der Waals surface area contributed by atoms with Crippen LogP contribution >= 0.6 is 15.9 Å². The van der Waals surface area contributed by atoms with E-state index in [1.807, 2.05) is 24.4 Å². The lowest BCUT2D eigenvalue weighted by molar-refractivity contribution is 0.405.